The zero-order chi connectivity index (χ0) is 20.6. The van der Waals surface area contributed by atoms with Crippen LogP contribution in [0.15, 0.2) is 53.5 Å². The molecule has 0 fully saturated rings. The van der Waals surface area contributed by atoms with Gasteiger partial charge in [-0.25, -0.2) is 9.98 Å². The van der Waals surface area contributed by atoms with E-state index in [0.29, 0.717) is 24.6 Å². The Morgan fingerprint density at radius 2 is 1.90 bits per heavy atom. The number of hydrogen-bond acceptors (Lipinski definition) is 3. The number of benzene rings is 2. The fourth-order valence-electron chi connectivity index (χ4n) is 3.12. The van der Waals surface area contributed by atoms with Crippen LogP contribution in [0.1, 0.15) is 18.3 Å². The molecule has 0 aliphatic heterocycles. The van der Waals surface area contributed by atoms with Gasteiger partial charge in [-0.15, -0.1) is 0 Å². The van der Waals surface area contributed by atoms with Crippen LogP contribution in [0.4, 0.5) is 8.78 Å². The number of aryl methyl sites for hydroxylation is 1. The first kappa shape index (κ1) is 20.6. The fraction of sp³-hybridized carbons (Fsp3) is 0.333. The number of imidazole rings is 1. The lowest BCUT2D eigenvalue weighted by molar-refractivity contribution is -0.0504. The lowest BCUT2D eigenvalue weighted by Crippen LogP contribution is -2.38. The van der Waals surface area contributed by atoms with Gasteiger partial charge in [0, 0.05) is 25.2 Å². The molecule has 2 aromatic carbocycles. The number of nitrogens with one attached hydrogen (secondary N) is 2. The van der Waals surface area contributed by atoms with Gasteiger partial charge in [-0.3, -0.25) is 0 Å². The van der Waals surface area contributed by atoms with E-state index >= 15 is 0 Å². The molecule has 0 atom stereocenters. The summed E-state index contributed by atoms with van der Waals surface area (Å²) in [4.78, 5) is 9.07. The second kappa shape index (κ2) is 9.86. The lowest BCUT2D eigenvalue weighted by atomic mass is 10.2. The monoisotopic (exact) mass is 401 g/mol. The van der Waals surface area contributed by atoms with Crippen LogP contribution in [0, 0.1) is 6.92 Å². The molecule has 8 heteroatoms. The van der Waals surface area contributed by atoms with E-state index < -0.39 is 6.61 Å². The topological polar surface area (TPSA) is 63.5 Å². The maximum Gasteiger partial charge on any atom is 0.387 e. The molecule has 0 saturated heterocycles. The maximum absolute atomic E-state index is 12.6. The van der Waals surface area contributed by atoms with Crippen molar-refractivity contribution < 1.29 is 13.5 Å². The molecular formula is C21H25F2N5O. The van der Waals surface area contributed by atoms with Gasteiger partial charge in [-0.2, -0.15) is 8.78 Å². The highest BCUT2D eigenvalue weighted by Crippen LogP contribution is 2.21. The lowest BCUT2D eigenvalue weighted by Gasteiger charge is -2.14. The molecule has 3 aromatic rings. The Morgan fingerprint density at radius 1 is 1.14 bits per heavy atom. The number of aliphatic imine (C=N–C) groups is 1. The van der Waals surface area contributed by atoms with Crippen molar-refractivity contribution in [1.82, 2.24) is 20.2 Å². The summed E-state index contributed by atoms with van der Waals surface area (Å²) in [5, 5.41) is 6.45. The molecule has 3 rings (SSSR count). The first-order valence-electron chi connectivity index (χ1n) is 9.55. The molecule has 6 nitrogen and oxygen atoms in total. The van der Waals surface area contributed by atoms with Crippen LogP contribution in [0.3, 0.4) is 0 Å². The van der Waals surface area contributed by atoms with E-state index in [1.54, 1.807) is 18.2 Å². The van der Waals surface area contributed by atoms with Crippen molar-refractivity contribution in [3.63, 3.8) is 0 Å². The van der Waals surface area contributed by atoms with Gasteiger partial charge in [-0.1, -0.05) is 30.3 Å². The van der Waals surface area contributed by atoms with Crippen molar-refractivity contribution >= 4 is 17.0 Å². The van der Waals surface area contributed by atoms with Crippen molar-refractivity contribution in [2.24, 2.45) is 4.99 Å². The molecule has 0 amide bonds. The molecule has 0 aliphatic carbocycles. The summed E-state index contributed by atoms with van der Waals surface area (Å²) >= 11 is 0. The van der Waals surface area contributed by atoms with Crippen LogP contribution in [-0.4, -0.2) is 35.2 Å². The minimum Gasteiger partial charge on any atom is -0.434 e. The van der Waals surface area contributed by atoms with Crippen molar-refractivity contribution in [1.29, 1.82) is 0 Å². The smallest absolute Gasteiger partial charge is 0.387 e. The van der Waals surface area contributed by atoms with E-state index in [1.807, 2.05) is 32.0 Å². The molecule has 29 heavy (non-hydrogen) atoms. The van der Waals surface area contributed by atoms with Gasteiger partial charge in [0.1, 0.15) is 11.6 Å². The van der Waals surface area contributed by atoms with E-state index in [-0.39, 0.29) is 12.3 Å². The molecule has 0 aliphatic rings. The summed E-state index contributed by atoms with van der Waals surface area (Å²) in [6, 6.07) is 14.7. The number of fused-ring (bicyclic) bond motifs is 1. The average Bonchev–Trinajstić information content (AvgIpc) is 3.02. The van der Waals surface area contributed by atoms with Crippen LogP contribution in [0.2, 0.25) is 0 Å². The number of hydrogen-bond donors (Lipinski definition) is 2. The van der Waals surface area contributed by atoms with Gasteiger partial charge in [-0.05, 0) is 32.0 Å². The number of alkyl halides is 2. The van der Waals surface area contributed by atoms with Crippen LogP contribution in [0.25, 0.3) is 11.0 Å². The Labute approximate surface area is 168 Å². The molecule has 0 spiro atoms. The Bertz CT molecular complexity index is 971. The molecule has 154 valence electrons. The SMILES string of the molecule is CCNC(=NCc1ccccc1OC(F)F)NCCn1c(C)nc2ccccc21. The van der Waals surface area contributed by atoms with Crippen molar-refractivity contribution in [2.75, 3.05) is 13.1 Å². The molecule has 0 bridgehead atoms. The van der Waals surface area contributed by atoms with E-state index in [4.69, 9.17) is 0 Å². The third kappa shape index (κ3) is 5.43. The summed E-state index contributed by atoms with van der Waals surface area (Å²) in [6.45, 7) is 3.38. The Hall–Kier alpha value is -3.16. The summed E-state index contributed by atoms with van der Waals surface area (Å²) in [6.07, 6.45) is 0. The van der Waals surface area contributed by atoms with Gasteiger partial charge in [0.25, 0.3) is 0 Å². The highest BCUT2D eigenvalue weighted by molar-refractivity contribution is 5.80. The van der Waals surface area contributed by atoms with Gasteiger partial charge in [0.2, 0.25) is 0 Å². The van der Waals surface area contributed by atoms with Crippen LogP contribution in [-0.2, 0) is 13.1 Å². The van der Waals surface area contributed by atoms with Gasteiger partial charge in [0.05, 0.1) is 17.6 Å². The Morgan fingerprint density at radius 3 is 2.69 bits per heavy atom. The summed E-state index contributed by atoms with van der Waals surface area (Å²) < 4.78 is 31.9. The molecule has 1 aromatic heterocycles. The molecular weight excluding hydrogens is 376 g/mol. The predicted octanol–water partition coefficient (Wildman–Crippen LogP) is 3.70. The van der Waals surface area contributed by atoms with E-state index in [1.165, 1.54) is 6.07 Å². The quantitative estimate of drug-likeness (QED) is 0.446. The average molecular weight is 401 g/mol. The third-order valence-corrected chi connectivity index (χ3v) is 4.41. The van der Waals surface area contributed by atoms with Crippen molar-refractivity contribution in [3.8, 4) is 5.75 Å². The standard InChI is InChI=1S/C21H25F2N5O/c1-3-24-21(26-14-16-8-4-7-11-19(16)29-20(22)23)25-12-13-28-15(2)27-17-9-5-6-10-18(17)28/h4-11,20H,3,12-14H2,1-2H3,(H2,24,25,26). The molecule has 1 heterocycles. The van der Waals surface area contributed by atoms with E-state index in [2.05, 4.69) is 36.0 Å². The highest BCUT2D eigenvalue weighted by atomic mass is 19.3. The minimum atomic E-state index is -2.86. The van der Waals surface area contributed by atoms with Crippen LogP contribution < -0.4 is 15.4 Å². The fourth-order valence-corrected chi connectivity index (χ4v) is 3.12. The number of ether oxygens (including phenoxy) is 1. The van der Waals surface area contributed by atoms with Gasteiger partial charge >= 0.3 is 6.61 Å². The predicted molar refractivity (Wildman–Crippen MR) is 110 cm³/mol. The van der Waals surface area contributed by atoms with Crippen molar-refractivity contribution in [3.05, 3.63) is 59.9 Å². The van der Waals surface area contributed by atoms with Gasteiger partial charge < -0.3 is 19.9 Å². The van der Waals surface area contributed by atoms with Gasteiger partial charge in [0.15, 0.2) is 5.96 Å². The van der Waals surface area contributed by atoms with E-state index in [9.17, 15) is 8.78 Å². The molecule has 0 saturated carbocycles. The Balaban J connectivity index is 1.65. The van der Waals surface area contributed by atoms with Crippen LogP contribution >= 0.6 is 0 Å². The molecule has 0 radical (unpaired) electrons. The third-order valence-electron chi connectivity index (χ3n) is 4.41. The summed E-state index contributed by atoms with van der Waals surface area (Å²) in [5.74, 6) is 1.71. The van der Waals surface area contributed by atoms with Crippen LogP contribution in [0.5, 0.6) is 5.75 Å². The molecule has 2 N–H and O–H groups in total. The molecule has 0 unspecified atom stereocenters. The number of para-hydroxylation sites is 3. The van der Waals surface area contributed by atoms with Crippen molar-refractivity contribution in [2.45, 2.75) is 33.5 Å². The Kier molecular flexibility index (Phi) is 6.99. The van der Waals surface area contributed by atoms with E-state index in [0.717, 1.165) is 23.4 Å². The second-order valence-corrected chi connectivity index (χ2v) is 6.41. The zero-order valence-corrected chi connectivity index (χ0v) is 16.5. The number of rotatable bonds is 8. The number of nitrogens with zero attached hydrogens (tertiary/aromatic N) is 3. The number of halogens is 2. The second-order valence-electron chi connectivity index (χ2n) is 6.41. The minimum absolute atomic E-state index is 0.141. The summed E-state index contributed by atoms with van der Waals surface area (Å²) in [5.41, 5.74) is 2.66. The largest absolute Gasteiger partial charge is 0.434 e. The first-order chi connectivity index (χ1) is 14.1. The first-order valence-corrected chi connectivity index (χ1v) is 9.55. The highest BCUT2D eigenvalue weighted by Gasteiger charge is 2.09. The normalized spacial score (nSPS) is 11.8. The zero-order valence-electron chi connectivity index (χ0n) is 16.5. The number of guanidine groups is 1. The maximum atomic E-state index is 12.6. The number of aromatic nitrogens is 2. The summed E-state index contributed by atoms with van der Waals surface area (Å²) in [7, 11) is 0.